The lowest BCUT2D eigenvalue weighted by molar-refractivity contribution is 0.301. The average Bonchev–Trinajstić information content (AvgIpc) is 2.16. The highest BCUT2D eigenvalue weighted by Crippen LogP contribution is 2.26. The molecule has 2 N–H and O–H groups in total. The summed E-state index contributed by atoms with van der Waals surface area (Å²) in [6.07, 6.45) is 6.09. The summed E-state index contributed by atoms with van der Waals surface area (Å²) in [5, 5.41) is 0. The molecule has 1 rings (SSSR count). The largest absolute Gasteiger partial charge is 0.327 e. The van der Waals surface area contributed by atoms with E-state index in [2.05, 4.69) is 0 Å². The monoisotopic (exact) mass is 233 g/mol. The van der Waals surface area contributed by atoms with E-state index in [0.717, 1.165) is 25.7 Å². The number of rotatable bonds is 5. The molecule has 0 bridgehead atoms. The zero-order valence-corrected chi connectivity index (χ0v) is 10.4. The minimum atomic E-state index is -2.81. The second-order valence-corrected chi connectivity index (χ2v) is 6.95. The molecule has 0 aliphatic heterocycles. The van der Waals surface area contributed by atoms with Crippen molar-refractivity contribution in [2.75, 3.05) is 11.5 Å². The molecule has 1 saturated carbocycles. The van der Waals surface area contributed by atoms with Gasteiger partial charge >= 0.3 is 0 Å². The molecule has 0 aromatic rings. The first-order valence-corrected chi connectivity index (χ1v) is 7.83. The highest BCUT2D eigenvalue weighted by molar-refractivity contribution is 7.91. The Kier molecular flexibility index (Phi) is 5.06. The second kappa shape index (κ2) is 5.85. The van der Waals surface area contributed by atoms with Gasteiger partial charge in [-0.05, 0) is 31.6 Å². The van der Waals surface area contributed by atoms with Gasteiger partial charge in [0.25, 0.3) is 0 Å². The predicted octanol–water partition coefficient (Wildman–Crippen LogP) is 1.72. The first-order chi connectivity index (χ1) is 7.05. The zero-order chi connectivity index (χ0) is 11.3. The molecular weight excluding hydrogens is 210 g/mol. The highest BCUT2D eigenvalue weighted by Gasteiger charge is 2.23. The number of sulfone groups is 1. The van der Waals surface area contributed by atoms with Crippen LogP contribution in [0.2, 0.25) is 0 Å². The Morgan fingerprint density at radius 3 is 2.47 bits per heavy atom. The summed E-state index contributed by atoms with van der Waals surface area (Å²) in [6, 6.07) is 0.232. The summed E-state index contributed by atoms with van der Waals surface area (Å²) in [7, 11) is -2.81. The van der Waals surface area contributed by atoms with Gasteiger partial charge in [-0.25, -0.2) is 8.42 Å². The fourth-order valence-corrected chi connectivity index (χ4v) is 3.83. The molecule has 0 amide bonds. The molecule has 1 aliphatic carbocycles. The van der Waals surface area contributed by atoms with Crippen LogP contribution in [0.1, 0.15) is 45.4 Å². The molecule has 0 aromatic heterocycles. The molecule has 15 heavy (non-hydrogen) atoms. The SMILES string of the molecule is CCCS(=O)(=O)CCC1CCCCC1N. The van der Waals surface area contributed by atoms with E-state index < -0.39 is 9.84 Å². The van der Waals surface area contributed by atoms with Gasteiger partial charge in [0.05, 0.1) is 5.75 Å². The van der Waals surface area contributed by atoms with Gasteiger partial charge in [-0.15, -0.1) is 0 Å². The zero-order valence-electron chi connectivity index (χ0n) is 9.61. The summed E-state index contributed by atoms with van der Waals surface area (Å²) < 4.78 is 23.1. The van der Waals surface area contributed by atoms with E-state index in [-0.39, 0.29) is 6.04 Å². The fourth-order valence-electron chi connectivity index (χ4n) is 2.34. The van der Waals surface area contributed by atoms with E-state index in [1.165, 1.54) is 12.8 Å². The van der Waals surface area contributed by atoms with Crippen molar-refractivity contribution >= 4 is 9.84 Å². The van der Waals surface area contributed by atoms with Gasteiger partial charge in [-0.2, -0.15) is 0 Å². The number of hydrogen-bond donors (Lipinski definition) is 1. The Bertz CT molecular complexity index is 274. The van der Waals surface area contributed by atoms with Gasteiger partial charge < -0.3 is 5.73 Å². The van der Waals surface area contributed by atoms with Gasteiger partial charge in [-0.1, -0.05) is 19.8 Å². The lowest BCUT2D eigenvalue weighted by atomic mass is 9.83. The smallest absolute Gasteiger partial charge is 0.150 e. The van der Waals surface area contributed by atoms with Gasteiger partial charge in [0, 0.05) is 11.8 Å². The fraction of sp³-hybridized carbons (Fsp3) is 1.00. The second-order valence-electron chi connectivity index (χ2n) is 4.65. The van der Waals surface area contributed by atoms with Gasteiger partial charge in [0.15, 0.2) is 0 Å². The lowest BCUT2D eigenvalue weighted by Crippen LogP contribution is -2.34. The number of hydrogen-bond acceptors (Lipinski definition) is 3. The molecule has 4 heteroatoms. The maximum atomic E-state index is 11.5. The van der Waals surface area contributed by atoms with Gasteiger partial charge in [0.1, 0.15) is 9.84 Å². The van der Waals surface area contributed by atoms with E-state index in [1.54, 1.807) is 0 Å². The molecule has 0 aromatic carbocycles. The van der Waals surface area contributed by atoms with Crippen LogP contribution in [0.15, 0.2) is 0 Å². The summed E-state index contributed by atoms with van der Waals surface area (Å²) >= 11 is 0. The average molecular weight is 233 g/mol. The molecule has 3 nitrogen and oxygen atoms in total. The topological polar surface area (TPSA) is 60.2 Å². The minimum Gasteiger partial charge on any atom is -0.327 e. The first-order valence-electron chi connectivity index (χ1n) is 6.01. The maximum Gasteiger partial charge on any atom is 0.150 e. The normalized spacial score (nSPS) is 27.9. The van der Waals surface area contributed by atoms with Crippen LogP contribution in [0.4, 0.5) is 0 Å². The molecule has 2 atom stereocenters. The molecule has 0 heterocycles. The summed E-state index contributed by atoms with van der Waals surface area (Å²) in [5.41, 5.74) is 5.99. The van der Waals surface area contributed by atoms with Crippen molar-refractivity contribution in [1.29, 1.82) is 0 Å². The molecule has 0 spiro atoms. The van der Waals surface area contributed by atoms with Crippen molar-refractivity contribution < 1.29 is 8.42 Å². The molecule has 1 aliphatic rings. The molecule has 2 unspecified atom stereocenters. The Morgan fingerprint density at radius 2 is 1.87 bits per heavy atom. The van der Waals surface area contributed by atoms with Crippen LogP contribution >= 0.6 is 0 Å². The van der Waals surface area contributed by atoms with Crippen LogP contribution in [0.5, 0.6) is 0 Å². The van der Waals surface area contributed by atoms with Crippen LogP contribution in [0, 0.1) is 5.92 Å². The number of nitrogens with two attached hydrogens (primary N) is 1. The van der Waals surface area contributed by atoms with Crippen molar-refractivity contribution in [3.05, 3.63) is 0 Å². The van der Waals surface area contributed by atoms with Crippen LogP contribution in [-0.4, -0.2) is 26.0 Å². The van der Waals surface area contributed by atoms with Crippen molar-refractivity contribution in [3.63, 3.8) is 0 Å². The van der Waals surface area contributed by atoms with Gasteiger partial charge in [-0.3, -0.25) is 0 Å². The van der Waals surface area contributed by atoms with E-state index >= 15 is 0 Å². The minimum absolute atomic E-state index is 0.232. The molecule has 0 saturated heterocycles. The van der Waals surface area contributed by atoms with Crippen LogP contribution in [0.3, 0.4) is 0 Å². The molecular formula is C11H23NO2S. The van der Waals surface area contributed by atoms with Crippen molar-refractivity contribution in [2.45, 2.75) is 51.5 Å². The maximum absolute atomic E-state index is 11.5. The molecule has 0 radical (unpaired) electrons. The highest BCUT2D eigenvalue weighted by atomic mass is 32.2. The van der Waals surface area contributed by atoms with E-state index in [9.17, 15) is 8.42 Å². The van der Waals surface area contributed by atoms with Crippen molar-refractivity contribution in [3.8, 4) is 0 Å². The Balaban J connectivity index is 2.35. The lowest BCUT2D eigenvalue weighted by Gasteiger charge is -2.28. The summed E-state index contributed by atoms with van der Waals surface area (Å²) in [5.74, 6) is 1.10. The van der Waals surface area contributed by atoms with Crippen molar-refractivity contribution in [2.24, 2.45) is 11.7 Å². The molecule has 1 fully saturated rings. The third-order valence-corrected chi connectivity index (χ3v) is 5.17. The van der Waals surface area contributed by atoms with E-state index in [0.29, 0.717) is 17.4 Å². The third-order valence-electron chi connectivity index (χ3n) is 3.28. The quantitative estimate of drug-likeness (QED) is 0.786. The third kappa shape index (κ3) is 4.51. The Morgan fingerprint density at radius 1 is 1.20 bits per heavy atom. The van der Waals surface area contributed by atoms with Crippen molar-refractivity contribution in [1.82, 2.24) is 0 Å². The predicted molar refractivity (Wildman–Crippen MR) is 63.5 cm³/mol. The van der Waals surface area contributed by atoms with Crippen LogP contribution < -0.4 is 5.73 Å². The Labute approximate surface area is 93.3 Å². The van der Waals surface area contributed by atoms with Gasteiger partial charge in [0.2, 0.25) is 0 Å². The Hall–Kier alpha value is -0.0900. The first kappa shape index (κ1) is 13.0. The van der Waals surface area contributed by atoms with E-state index in [1.807, 2.05) is 6.92 Å². The van der Waals surface area contributed by atoms with Crippen LogP contribution in [-0.2, 0) is 9.84 Å². The van der Waals surface area contributed by atoms with E-state index in [4.69, 9.17) is 5.73 Å². The standard InChI is InChI=1S/C11H23NO2S/c1-2-8-15(13,14)9-7-10-5-3-4-6-11(10)12/h10-11H,2-9,12H2,1H3. The van der Waals surface area contributed by atoms with Crippen LogP contribution in [0.25, 0.3) is 0 Å². The molecule has 90 valence electrons. The summed E-state index contributed by atoms with van der Waals surface area (Å²) in [4.78, 5) is 0. The summed E-state index contributed by atoms with van der Waals surface area (Å²) in [6.45, 7) is 1.91.